The molecular formula is C16H17BrN2O4S. The molecule has 1 amide bonds. The van der Waals surface area contributed by atoms with Gasteiger partial charge in [0, 0.05) is 17.1 Å². The number of benzene rings is 2. The lowest BCUT2D eigenvalue weighted by molar-refractivity contribution is -0.0757. The first kappa shape index (κ1) is 18.4. The van der Waals surface area contributed by atoms with Gasteiger partial charge in [-0.1, -0.05) is 12.1 Å². The van der Waals surface area contributed by atoms with Crippen molar-refractivity contribution in [2.45, 2.75) is 11.8 Å². The Balaban J connectivity index is 2.36. The second-order valence-electron chi connectivity index (χ2n) is 5.10. The van der Waals surface area contributed by atoms with Gasteiger partial charge < -0.3 is 0 Å². The fourth-order valence-corrected chi connectivity index (χ4v) is 3.58. The van der Waals surface area contributed by atoms with Crippen molar-refractivity contribution in [3.63, 3.8) is 0 Å². The first-order chi connectivity index (χ1) is 11.2. The number of nitrogens with one attached hydrogen (secondary N) is 1. The summed E-state index contributed by atoms with van der Waals surface area (Å²) in [7, 11) is -1.03. The molecule has 6 nitrogen and oxygen atoms in total. The molecule has 0 unspecified atom stereocenters. The van der Waals surface area contributed by atoms with E-state index < -0.39 is 15.9 Å². The molecule has 2 aromatic carbocycles. The zero-order valence-corrected chi connectivity index (χ0v) is 15.8. The first-order valence-electron chi connectivity index (χ1n) is 6.96. The van der Waals surface area contributed by atoms with Crippen molar-refractivity contribution in [3.05, 3.63) is 58.1 Å². The van der Waals surface area contributed by atoms with Crippen LogP contribution in [0.25, 0.3) is 0 Å². The lowest BCUT2D eigenvalue weighted by atomic mass is 10.2. The maximum Gasteiger partial charge on any atom is 0.277 e. The number of carbonyl (C=O) groups is 1. The average molecular weight is 413 g/mol. The summed E-state index contributed by atoms with van der Waals surface area (Å²) >= 11 is 3.32. The minimum absolute atomic E-state index is 0.00809. The van der Waals surface area contributed by atoms with Crippen LogP contribution in [0.15, 0.2) is 51.8 Å². The summed E-state index contributed by atoms with van der Waals surface area (Å²) in [6.07, 6.45) is 0. The Hall–Kier alpha value is -1.90. The van der Waals surface area contributed by atoms with Gasteiger partial charge in [0.1, 0.15) is 0 Å². The van der Waals surface area contributed by atoms with Gasteiger partial charge in [0.15, 0.2) is 0 Å². The highest BCUT2D eigenvalue weighted by molar-refractivity contribution is 9.10. The summed E-state index contributed by atoms with van der Waals surface area (Å²) in [6, 6.07) is 11.1. The van der Waals surface area contributed by atoms with Crippen LogP contribution in [0.4, 0.5) is 5.69 Å². The molecule has 1 N–H and O–H groups in total. The van der Waals surface area contributed by atoms with Crippen LogP contribution >= 0.6 is 15.9 Å². The molecule has 0 aliphatic heterocycles. The van der Waals surface area contributed by atoms with Crippen LogP contribution in [0.5, 0.6) is 0 Å². The molecule has 0 aromatic heterocycles. The Kier molecular flexibility index (Phi) is 5.63. The molecule has 0 radical (unpaired) electrons. The molecule has 0 heterocycles. The number of halogens is 1. The average Bonchev–Trinajstić information content (AvgIpc) is 2.56. The van der Waals surface area contributed by atoms with Gasteiger partial charge in [0.25, 0.3) is 15.9 Å². The van der Waals surface area contributed by atoms with Gasteiger partial charge in [-0.25, -0.2) is 13.5 Å². The van der Waals surface area contributed by atoms with E-state index in [1.165, 1.54) is 38.4 Å². The standard InChI is InChI=1S/C16H17BrN2O4S/c1-11-7-8-14(17)15(9-11)18-24(21,22)13-6-4-5-12(10-13)16(20)19(2)23-3/h4-10,18H,1-3H3. The monoisotopic (exact) mass is 412 g/mol. The van der Waals surface area contributed by atoms with Gasteiger partial charge >= 0.3 is 0 Å². The van der Waals surface area contributed by atoms with Crippen LogP contribution < -0.4 is 4.72 Å². The fraction of sp³-hybridized carbons (Fsp3) is 0.188. The Morgan fingerprint density at radius 3 is 2.58 bits per heavy atom. The number of hydrogen-bond acceptors (Lipinski definition) is 4. The number of sulfonamides is 1. The zero-order valence-electron chi connectivity index (χ0n) is 13.4. The summed E-state index contributed by atoms with van der Waals surface area (Å²) in [4.78, 5) is 16.9. The summed E-state index contributed by atoms with van der Waals surface area (Å²) in [5.74, 6) is -0.439. The zero-order chi connectivity index (χ0) is 17.9. The van der Waals surface area contributed by atoms with Crippen LogP contribution in [0.3, 0.4) is 0 Å². The Morgan fingerprint density at radius 1 is 1.21 bits per heavy atom. The summed E-state index contributed by atoms with van der Waals surface area (Å²) in [5.41, 5.74) is 1.56. The van der Waals surface area contributed by atoms with Crippen molar-refractivity contribution in [1.29, 1.82) is 0 Å². The van der Waals surface area contributed by atoms with Crippen molar-refractivity contribution in [1.82, 2.24) is 5.06 Å². The highest BCUT2D eigenvalue weighted by Gasteiger charge is 2.19. The third-order valence-corrected chi connectivity index (χ3v) is 5.37. The maximum atomic E-state index is 12.6. The van der Waals surface area contributed by atoms with Gasteiger partial charge in [0.2, 0.25) is 0 Å². The van der Waals surface area contributed by atoms with E-state index in [1.807, 2.05) is 13.0 Å². The van der Waals surface area contributed by atoms with Crippen molar-refractivity contribution in [2.75, 3.05) is 18.9 Å². The SMILES string of the molecule is CON(C)C(=O)c1cccc(S(=O)(=O)Nc2cc(C)ccc2Br)c1. The molecule has 2 rings (SSSR count). The van der Waals surface area contributed by atoms with Crippen LogP contribution in [-0.4, -0.2) is 33.5 Å². The third-order valence-electron chi connectivity index (χ3n) is 3.32. The molecule has 0 aliphatic carbocycles. The number of hydrogen-bond donors (Lipinski definition) is 1. The number of aryl methyl sites for hydroxylation is 1. The highest BCUT2D eigenvalue weighted by atomic mass is 79.9. The van der Waals surface area contributed by atoms with Gasteiger partial charge in [-0.3, -0.25) is 14.4 Å². The van der Waals surface area contributed by atoms with Crippen molar-refractivity contribution in [2.24, 2.45) is 0 Å². The van der Waals surface area contributed by atoms with Crippen LogP contribution in [0.2, 0.25) is 0 Å². The van der Waals surface area contributed by atoms with E-state index in [9.17, 15) is 13.2 Å². The second kappa shape index (κ2) is 7.33. The number of carbonyl (C=O) groups excluding carboxylic acids is 1. The molecule has 128 valence electrons. The summed E-state index contributed by atoms with van der Waals surface area (Å²) in [6.45, 7) is 1.87. The number of nitrogens with zero attached hydrogens (tertiary/aromatic N) is 1. The minimum Gasteiger partial charge on any atom is -0.278 e. The molecule has 0 fully saturated rings. The lowest BCUT2D eigenvalue weighted by Crippen LogP contribution is -2.25. The fourth-order valence-electron chi connectivity index (χ4n) is 1.98. The van der Waals surface area contributed by atoms with E-state index >= 15 is 0 Å². The van der Waals surface area contributed by atoms with Crippen molar-refractivity contribution >= 4 is 37.5 Å². The largest absolute Gasteiger partial charge is 0.278 e. The molecule has 8 heteroatoms. The normalized spacial score (nSPS) is 11.2. The van der Waals surface area contributed by atoms with Gasteiger partial charge in [-0.2, -0.15) is 0 Å². The van der Waals surface area contributed by atoms with E-state index in [4.69, 9.17) is 4.84 Å². The second-order valence-corrected chi connectivity index (χ2v) is 7.64. The van der Waals surface area contributed by atoms with E-state index in [2.05, 4.69) is 20.7 Å². The number of hydroxylamine groups is 2. The van der Waals surface area contributed by atoms with Crippen molar-refractivity contribution in [3.8, 4) is 0 Å². The number of amides is 1. The topological polar surface area (TPSA) is 75.7 Å². The predicted molar refractivity (Wildman–Crippen MR) is 95.2 cm³/mol. The van der Waals surface area contributed by atoms with E-state index in [-0.39, 0.29) is 10.5 Å². The summed E-state index contributed by atoms with van der Waals surface area (Å²) < 4.78 is 28.3. The molecule has 0 aliphatic rings. The molecular weight excluding hydrogens is 396 g/mol. The predicted octanol–water partition coefficient (Wildman–Crippen LogP) is 3.19. The molecule has 0 saturated heterocycles. The molecule has 0 atom stereocenters. The highest BCUT2D eigenvalue weighted by Crippen LogP contribution is 2.26. The molecule has 0 spiro atoms. The van der Waals surface area contributed by atoms with Crippen LogP contribution in [0.1, 0.15) is 15.9 Å². The first-order valence-corrected chi connectivity index (χ1v) is 9.23. The molecule has 0 saturated carbocycles. The Bertz CT molecular complexity index is 868. The van der Waals surface area contributed by atoms with E-state index in [0.29, 0.717) is 10.2 Å². The number of rotatable bonds is 5. The van der Waals surface area contributed by atoms with Gasteiger partial charge in [-0.15, -0.1) is 0 Å². The minimum atomic E-state index is -3.83. The van der Waals surface area contributed by atoms with E-state index in [1.54, 1.807) is 12.1 Å². The molecule has 24 heavy (non-hydrogen) atoms. The lowest BCUT2D eigenvalue weighted by Gasteiger charge is -2.15. The van der Waals surface area contributed by atoms with Crippen LogP contribution in [-0.2, 0) is 14.9 Å². The Morgan fingerprint density at radius 2 is 1.92 bits per heavy atom. The van der Waals surface area contributed by atoms with Gasteiger partial charge in [0.05, 0.1) is 17.7 Å². The van der Waals surface area contributed by atoms with Gasteiger partial charge in [-0.05, 0) is 58.7 Å². The van der Waals surface area contributed by atoms with Crippen LogP contribution in [0, 0.1) is 6.92 Å². The third kappa shape index (κ3) is 4.14. The Labute approximate surface area is 149 Å². The van der Waals surface area contributed by atoms with Crippen molar-refractivity contribution < 1.29 is 18.0 Å². The quantitative estimate of drug-likeness (QED) is 0.764. The smallest absolute Gasteiger partial charge is 0.277 e. The molecule has 2 aromatic rings. The summed E-state index contributed by atoms with van der Waals surface area (Å²) in [5, 5.41) is 1.02. The number of anilines is 1. The molecule has 0 bridgehead atoms. The maximum absolute atomic E-state index is 12.6. The van der Waals surface area contributed by atoms with E-state index in [0.717, 1.165) is 10.6 Å².